The van der Waals surface area contributed by atoms with E-state index in [9.17, 15) is 18.0 Å². The molecule has 1 aliphatic rings. The molecule has 0 aliphatic carbocycles. The fourth-order valence-electron chi connectivity index (χ4n) is 3.78. The summed E-state index contributed by atoms with van der Waals surface area (Å²) in [5.74, 6) is 0.0780. The smallest absolute Gasteiger partial charge is 0.433 e. The van der Waals surface area contributed by atoms with Gasteiger partial charge in [0.15, 0.2) is 5.65 Å². The largest absolute Gasteiger partial charge is 0.481 e. The number of methoxy groups -OCH3 is 1. The van der Waals surface area contributed by atoms with Gasteiger partial charge >= 0.3 is 6.18 Å². The van der Waals surface area contributed by atoms with Crippen LogP contribution in [0.5, 0.6) is 5.88 Å². The van der Waals surface area contributed by atoms with Crippen LogP contribution in [-0.4, -0.2) is 44.0 Å². The fraction of sp³-hybridized carbons (Fsp3) is 0.400. The third-order valence-electron chi connectivity index (χ3n) is 5.16. The van der Waals surface area contributed by atoms with Gasteiger partial charge in [0, 0.05) is 36.1 Å². The van der Waals surface area contributed by atoms with Gasteiger partial charge < -0.3 is 9.64 Å². The molecule has 1 saturated heterocycles. The van der Waals surface area contributed by atoms with Crippen LogP contribution in [-0.2, 0) is 6.18 Å². The predicted octanol–water partition coefficient (Wildman–Crippen LogP) is 3.83. The maximum absolute atomic E-state index is 13.5. The molecule has 0 spiro atoms. The number of halogens is 3. The summed E-state index contributed by atoms with van der Waals surface area (Å²) in [5.41, 5.74) is 0.279. The number of hydrogen-bond acceptors (Lipinski definition) is 5. The van der Waals surface area contributed by atoms with Crippen LogP contribution in [0.25, 0.3) is 5.65 Å². The molecule has 1 atom stereocenters. The number of carbonyl (C=O) groups is 1. The number of ether oxygens (including phenoxy) is 1. The van der Waals surface area contributed by atoms with Crippen molar-refractivity contribution in [2.45, 2.75) is 38.4 Å². The molecule has 0 aromatic carbocycles. The van der Waals surface area contributed by atoms with E-state index in [-0.39, 0.29) is 17.2 Å². The number of likely N-dealkylation sites (tertiary alicyclic amines) is 1. The Morgan fingerprint density at radius 2 is 2.03 bits per heavy atom. The van der Waals surface area contributed by atoms with Gasteiger partial charge in [0.2, 0.25) is 5.88 Å². The molecule has 0 unspecified atom stereocenters. The molecule has 158 valence electrons. The molecule has 0 saturated carbocycles. The van der Waals surface area contributed by atoms with Crippen molar-refractivity contribution in [3.63, 3.8) is 0 Å². The standard InChI is InChI=1S/C20H20F3N5O2/c1-12-9-16(20(21,22)23)28-17(25-12)11-14(26-28)15-5-3-4-8-27(15)19(29)13-6-7-24-18(10-13)30-2/h6-7,9-11,15H,3-5,8H2,1-2H3/t15-/m1/s1. The number of pyridine rings is 1. The highest BCUT2D eigenvalue weighted by molar-refractivity contribution is 5.94. The molecule has 3 aromatic rings. The number of carbonyl (C=O) groups excluding carboxylic acids is 1. The van der Waals surface area contributed by atoms with E-state index in [0.717, 1.165) is 23.4 Å². The van der Waals surface area contributed by atoms with Crippen LogP contribution in [0.1, 0.15) is 52.7 Å². The average Bonchev–Trinajstić information content (AvgIpc) is 3.15. The Labute approximate surface area is 170 Å². The number of rotatable bonds is 3. The molecule has 0 N–H and O–H groups in total. The van der Waals surface area contributed by atoms with E-state index in [1.54, 1.807) is 17.0 Å². The van der Waals surface area contributed by atoms with E-state index >= 15 is 0 Å². The minimum atomic E-state index is -4.56. The topological polar surface area (TPSA) is 72.6 Å². The Hall–Kier alpha value is -3.17. The van der Waals surface area contributed by atoms with Crippen LogP contribution in [0.4, 0.5) is 13.2 Å². The van der Waals surface area contributed by atoms with Gasteiger partial charge in [-0.2, -0.15) is 18.3 Å². The first-order chi connectivity index (χ1) is 14.3. The molecule has 0 radical (unpaired) electrons. The first kappa shape index (κ1) is 20.1. The molecule has 10 heteroatoms. The Bertz CT molecular complexity index is 1100. The maximum Gasteiger partial charge on any atom is 0.433 e. The second-order valence-electron chi connectivity index (χ2n) is 7.22. The molecule has 7 nitrogen and oxygen atoms in total. The lowest BCUT2D eigenvalue weighted by Gasteiger charge is -2.34. The number of aryl methyl sites for hydroxylation is 1. The summed E-state index contributed by atoms with van der Waals surface area (Å²) in [7, 11) is 1.46. The molecule has 30 heavy (non-hydrogen) atoms. The van der Waals surface area contributed by atoms with Gasteiger partial charge in [-0.25, -0.2) is 14.5 Å². The first-order valence-electron chi connectivity index (χ1n) is 9.53. The van der Waals surface area contributed by atoms with E-state index in [2.05, 4.69) is 15.1 Å². The van der Waals surface area contributed by atoms with Gasteiger partial charge in [0.05, 0.1) is 18.8 Å². The number of aromatic nitrogens is 4. The monoisotopic (exact) mass is 419 g/mol. The van der Waals surface area contributed by atoms with Crippen molar-refractivity contribution in [3.8, 4) is 5.88 Å². The summed E-state index contributed by atoms with van der Waals surface area (Å²) in [6.07, 6.45) is -0.815. The van der Waals surface area contributed by atoms with E-state index in [1.807, 2.05) is 0 Å². The molecule has 4 rings (SSSR count). The maximum atomic E-state index is 13.5. The second kappa shape index (κ2) is 7.58. The molecule has 3 aromatic heterocycles. The molecule has 1 fully saturated rings. The zero-order valence-electron chi connectivity index (χ0n) is 16.5. The Balaban J connectivity index is 1.74. The van der Waals surface area contributed by atoms with E-state index in [0.29, 0.717) is 30.1 Å². The predicted molar refractivity (Wildman–Crippen MR) is 101 cm³/mol. The number of piperidine rings is 1. The summed E-state index contributed by atoms with van der Waals surface area (Å²) in [6.45, 7) is 2.00. The van der Waals surface area contributed by atoms with Crippen LogP contribution in [0.3, 0.4) is 0 Å². The molecular formula is C20H20F3N5O2. The lowest BCUT2D eigenvalue weighted by Crippen LogP contribution is -2.38. The Morgan fingerprint density at radius 3 is 2.77 bits per heavy atom. The lowest BCUT2D eigenvalue weighted by molar-refractivity contribution is -0.142. The first-order valence-corrected chi connectivity index (χ1v) is 9.53. The zero-order valence-corrected chi connectivity index (χ0v) is 16.5. The zero-order chi connectivity index (χ0) is 21.5. The normalized spacial score (nSPS) is 17.4. The quantitative estimate of drug-likeness (QED) is 0.645. The lowest BCUT2D eigenvalue weighted by atomic mass is 9.98. The highest BCUT2D eigenvalue weighted by Gasteiger charge is 2.36. The van der Waals surface area contributed by atoms with Crippen LogP contribution in [0, 0.1) is 6.92 Å². The number of hydrogen-bond donors (Lipinski definition) is 0. The molecule has 1 amide bonds. The third-order valence-corrected chi connectivity index (χ3v) is 5.16. The SMILES string of the molecule is COc1cc(C(=O)N2CCCC[C@@H]2c2cc3nc(C)cc(C(F)(F)F)n3n2)ccn1. The van der Waals surface area contributed by atoms with Crippen molar-refractivity contribution in [1.29, 1.82) is 0 Å². The van der Waals surface area contributed by atoms with Crippen molar-refractivity contribution < 1.29 is 22.7 Å². The molecule has 0 bridgehead atoms. The summed E-state index contributed by atoms with van der Waals surface area (Å²) < 4.78 is 46.3. The van der Waals surface area contributed by atoms with Crippen LogP contribution >= 0.6 is 0 Å². The van der Waals surface area contributed by atoms with Gasteiger partial charge in [-0.05, 0) is 38.3 Å². The Kier molecular flexibility index (Phi) is 5.08. The van der Waals surface area contributed by atoms with Crippen LogP contribution < -0.4 is 4.74 Å². The van der Waals surface area contributed by atoms with Gasteiger partial charge in [-0.3, -0.25) is 4.79 Å². The van der Waals surface area contributed by atoms with Crippen LogP contribution in [0.2, 0.25) is 0 Å². The second-order valence-corrected chi connectivity index (χ2v) is 7.22. The van der Waals surface area contributed by atoms with Crippen molar-refractivity contribution in [2.75, 3.05) is 13.7 Å². The number of amides is 1. The minimum absolute atomic E-state index is 0.112. The van der Waals surface area contributed by atoms with Crippen molar-refractivity contribution in [2.24, 2.45) is 0 Å². The van der Waals surface area contributed by atoms with E-state index < -0.39 is 17.9 Å². The van der Waals surface area contributed by atoms with Gasteiger partial charge in [-0.15, -0.1) is 0 Å². The third kappa shape index (κ3) is 3.69. The highest BCUT2D eigenvalue weighted by Crippen LogP contribution is 2.34. The molecule has 4 heterocycles. The number of fused-ring (bicyclic) bond motifs is 1. The van der Waals surface area contributed by atoms with Crippen molar-refractivity contribution in [1.82, 2.24) is 24.5 Å². The Morgan fingerprint density at radius 1 is 1.23 bits per heavy atom. The summed E-state index contributed by atoms with van der Waals surface area (Å²) in [6, 6.07) is 5.20. The van der Waals surface area contributed by atoms with Gasteiger partial charge in [0.25, 0.3) is 5.91 Å². The minimum Gasteiger partial charge on any atom is -0.481 e. The fourth-order valence-corrected chi connectivity index (χ4v) is 3.78. The summed E-state index contributed by atoms with van der Waals surface area (Å²) in [5, 5.41) is 4.21. The number of alkyl halides is 3. The van der Waals surface area contributed by atoms with Crippen molar-refractivity contribution in [3.05, 3.63) is 53.1 Å². The molecular weight excluding hydrogens is 399 g/mol. The summed E-state index contributed by atoms with van der Waals surface area (Å²) in [4.78, 5) is 23.0. The van der Waals surface area contributed by atoms with Crippen LogP contribution in [0.15, 0.2) is 30.5 Å². The molecule has 1 aliphatic heterocycles. The van der Waals surface area contributed by atoms with E-state index in [4.69, 9.17) is 4.74 Å². The number of nitrogens with zero attached hydrogens (tertiary/aromatic N) is 5. The highest BCUT2D eigenvalue weighted by atomic mass is 19.4. The van der Waals surface area contributed by atoms with Gasteiger partial charge in [0.1, 0.15) is 5.69 Å². The average molecular weight is 419 g/mol. The van der Waals surface area contributed by atoms with E-state index in [1.165, 1.54) is 26.3 Å². The van der Waals surface area contributed by atoms with Gasteiger partial charge in [-0.1, -0.05) is 0 Å². The summed E-state index contributed by atoms with van der Waals surface area (Å²) >= 11 is 0. The van der Waals surface area contributed by atoms with Crippen molar-refractivity contribution >= 4 is 11.6 Å².